The molecule has 5 heteroatoms. The number of aliphatic hydroxyl groups excluding tert-OH is 1. The first-order valence-corrected chi connectivity index (χ1v) is 6.02. The van der Waals surface area contributed by atoms with Gasteiger partial charge in [0.1, 0.15) is 17.3 Å². The van der Waals surface area contributed by atoms with E-state index < -0.39 is 0 Å². The van der Waals surface area contributed by atoms with Gasteiger partial charge in [0.05, 0.1) is 0 Å². The number of nitrogens with zero attached hydrogens (tertiary/aromatic N) is 2. The van der Waals surface area contributed by atoms with E-state index in [0.717, 1.165) is 18.7 Å². The maximum absolute atomic E-state index is 9.30. The van der Waals surface area contributed by atoms with Gasteiger partial charge in [-0.1, -0.05) is 24.4 Å². The summed E-state index contributed by atoms with van der Waals surface area (Å²) < 4.78 is 0. The summed E-state index contributed by atoms with van der Waals surface area (Å²) >= 11 is 5.79. The second-order valence-electron chi connectivity index (χ2n) is 4.20. The first-order valence-electron chi connectivity index (χ1n) is 5.64. The van der Waals surface area contributed by atoms with Crippen LogP contribution in [0, 0.1) is 5.92 Å². The van der Waals surface area contributed by atoms with Crippen LogP contribution < -0.4 is 5.32 Å². The molecular formula is C11H16ClN3O. The van der Waals surface area contributed by atoms with E-state index in [0.29, 0.717) is 17.1 Å². The largest absolute Gasteiger partial charge is 0.396 e. The lowest BCUT2D eigenvalue weighted by atomic mass is 9.85. The molecule has 1 aromatic heterocycles. The highest BCUT2D eigenvalue weighted by Crippen LogP contribution is 2.26. The van der Waals surface area contributed by atoms with Crippen LogP contribution in [0.4, 0.5) is 5.82 Å². The smallest absolute Gasteiger partial charge is 0.134 e. The molecule has 16 heavy (non-hydrogen) atoms. The van der Waals surface area contributed by atoms with Crippen LogP contribution in [0.3, 0.4) is 0 Å². The Hall–Kier alpha value is -0.870. The van der Waals surface area contributed by atoms with Gasteiger partial charge in [-0.3, -0.25) is 0 Å². The molecular weight excluding hydrogens is 226 g/mol. The molecule has 0 bridgehead atoms. The Labute approximate surface area is 100 Å². The predicted molar refractivity (Wildman–Crippen MR) is 63.5 cm³/mol. The van der Waals surface area contributed by atoms with Crippen molar-refractivity contribution in [2.45, 2.75) is 31.7 Å². The summed E-state index contributed by atoms with van der Waals surface area (Å²) in [5.41, 5.74) is 0. The van der Waals surface area contributed by atoms with Gasteiger partial charge in [-0.2, -0.15) is 0 Å². The van der Waals surface area contributed by atoms with Crippen molar-refractivity contribution < 1.29 is 5.11 Å². The minimum Gasteiger partial charge on any atom is -0.396 e. The van der Waals surface area contributed by atoms with Gasteiger partial charge in [-0.05, 0) is 12.8 Å². The van der Waals surface area contributed by atoms with Crippen molar-refractivity contribution in [1.29, 1.82) is 0 Å². The quantitative estimate of drug-likeness (QED) is 0.796. The zero-order valence-electron chi connectivity index (χ0n) is 9.06. The lowest BCUT2D eigenvalue weighted by Crippen LogP contribution is -2.34. The molecule has 2 rings (SSSR count). The minimum atomic E-state index is 0.233. The summed E-state index contributed by atoms with van der Waals surface area (Å²) in [6.45, 7) is 0.233. The van der Waals surface area contributed by atoms with Gasteiger partial charge < -0.3 is 10.4 Å². The molecule has 4 nitrogen and oxygen atoms in total. The van der Waals surface area contributed by atoms with Crippen LogP contribution in [-0.2, 0) is 0 Å². The number of rotatable bonds is 3. The molecule has 88 valence electrons. The van der Waals surface area contributed by atoms with E-state index in [1.165, 1.54) is 19.2 Å². The van der Waals surface area contributed by atoms with E-state index in [2.05, 4.69) is 15.3 Å². The normalized spacial score (nSPS) is 25.4. The lowest BCUT2D eigenvalue weighted by molar-refractivity contribution is 0.178. The maximum atomic E-state index is 9.30. The molecule has 2 N–H and O–H groups in total. The highest BCUT2D eigenvalue weighted by atomic mass is 35.5. The Bertz CT molecular complexity index is 348. The number of aromatic nitrogens is 2. The van der Waals surface area contributed by atoms with Gasteiger partial charge in [0.2, 0.25) is 0 Å². The number of hydrogen-bond acceptors (Lipinski definition) is 4. The third-order valence-electron chi connectivity index (χ3n) is 3.11. The van der Waals surface area contributed by atoms with Crippen LogP contribution in [0.15, 0.2) is 12.4 Å². The van der Waals surface area contributed by atoms with Crippen LogP contribution in [0.5, 0.6) is 0 Å². The van der Waals surface area contributed by atoms with Crippen molar-refractivity contribution in [1.82, 2.24) is 9.97 Å². The fourth-order valence-electron chi connectivity index (χ4n) is 2.22. The van der Waals surface area contributed by atoms with E-state index in [1.807, 2.05) is 0 Å². The highest BCUT2D eigenvalue weighted by Gasteiger charge is 2.24. The fourth-order valence-corrected chi connectivity index (χ4v) is 2.37. The topological polar surface area (TPSA) is 58.0 Å². The first kappa shape index (κ1) is 11.6. The molecule has 1 fully saturated rings. The summed E-state index contributed by atoms with van der Waals surface area (Å²) in [6.07, 6.45) is 6.00. The zero-order valence-corrected chi connectivity index (χ0v) is 9.82. The summed E-state index contributed by atoms with van der Waals surface area (Å²) in [7, 11) is 0. The van der Waals surface area contributed by atoms with Crippen molar-refractivity contribution >= 4 is 17.4 Å². The van der Waals surface area contributed by atoms with E-state index in [4.69, 9.17) is 11.6 Å². The number of aliphatic hydroxyl groups is 1. The van der Waals surface area contributed by atoms with E-state index in [9.17, 15) is 5.11 Å². The minimum absolute atomic E-state index is 0.233. The standard InChI is InChI=1S/C11H16ClN3O/c12-10-5-11(14-7-13-10)15-9-4-2-1-3-8(9)6-16/h5,7-9,16H,1-4,6H2,(H,13,14,15). The zero-order chi connectivity index (χ0) is 11.4. The van der Waals surface area contributed by atoms with Crippen molar-refractivity contribution in [2.75, 3.05) is 11.9 Å². The lowest BCUT2D eigenvalue weighted by Gasteiger charge is -2.31. The molecule has 1 heterocycles. The molecule has 1 saturated carbocycles. The molecule has 1 aliphatic rings. The van der Waals surface area contributed by atoms with Gasteiger partial charge in [-0.15, -0.1) is 0 Å². The average Bonchev–Trinajstić information content (AvgIpc) is 2.30. The fraction of sp³-hybridized carbons (Fsp3) is 0.636. The van der Waals surface area contributed by atoms with Gasteiger partial charge >= 0.3 is 0 Å². The monoisotopic (exact) mass is 241 g/mol. The van der Waals surface area contributed by atoms with Crippen molar-refractivity contribution in [2.24, 2.45) is 5.92 Å². The number of hydrogen-bond donors (Lipinski definition) is 2. The molecule has 0 radical (unpaired) electrons. The van der Waals surface area contributed by atoms with Crippen LogP contribution in [0.2, 0.25) is 5.15 Å². The van der Waals surface area contributed by atoms with Crippen LogP contribution in [-0.4, -0.2) is 27.7 Å². The van der Waals surface area contributed by atoms with Crippen molar-refractivity contribution in [3.63, 3.8) is 0 Å². The molecule has 0 aromatic carbocycles. The van der Waals surface area contributed by atoms with E-state index in [1.54, 1.807) is 6.07 Å². The Balaban J connectivity index is 2.02. The molecule has 0 aliphatic heterocycles. The Morgan fingerprint density at radius 1 is 1.38 bits per heavy atom. The predicted octanol–water partition coefficient (Wildman–Crippen LogP) is 2.09. The SMILES string of the molecule is OCC1CCCCC1Nc1cc(Cl)ncn1. The maximum Gasteiger partial charge on any atom is 0.134 e. The summed E-state index contributed by atoms with van der Waals surface area (Å²) in [5, 5.41) is 13.1. The molecule has 1 aromatic rings. The molecule has 1 aliphatic carbocycles. The van der Waals surface area contributed by atoms with Gasteiger partial charge in [0.15, 0.2) is 0 Å². The second kappa shape index (κ2) is 5.46. The third-order valence-corrected chi connectivity index (χ3v) is 3.32. The van der Waals surface area contributed by atoms with Gasteiger partial charge in [0, 0.05) is 24.6 Å². The third kappa shape index (κ3) is 2.83. The number of nitrogens with one attached hydrogen (secondary N) is 1. The molecule has 0 saturated heterocycles. The van der Waals surface area contributed by atoms with Gasteiger partial charge in [0.25, 0.3) is 0 Å². The van der Waals surface area contributed by atoms with Crippen LogP contribution in [0.1, 0.15) is 25.7 Å². The van der Waals surface area contributed by atoms with Crippen LogP contribution in [0.25, 0.3) is 0 Å². The Morgan fingerprint density at radius 2 is 2.19 bits per heavy atom. The molecule has 2 atom stereocenters. The van der Waals surface area contributed by atoms with E-state index in [-0.39, 0.29) is 6.61 Å². The average molecular weight is 242 g/mol. The van der Waals surface area contributed by atoms with E-state index >= 15 is 0 Å². The molecule has 2 unspecified atom stereocenters. The summed E-state index contributed by atoms with van der Waals surface area (Å²) in [4.78, 5) is 7.95. The summed E-state index contributed by atoms with van der Waals surface area (Å²) in [6, 6.07) is 2.01. The molecule has 0 amide bonds. The van der Waals surface area contributed by atoms with Crippen molar-refractivity contribution in [3.8, 4) is 0 Å². The molecule has 0 spiro atoms. The number of halogens is 1. The summed E-state index contributed by atoms with van der Waals surface area (Å²) in [5.74, 6) is 1.06. The van der Waals surface area contributed by atoms with Crippen molar-refractivity contribution in [3.05, 3.63) is 17.5 Å². The Kier molecular flexibility index (Phi) is 3.96. The van der Waals surface area contributed by atoms with Crippen LogP contribution >= 0.6 is 11.6 Å². The Morgan fingerprint density at radius 3 is 2.94 bits per heavy atom. The highest BCUT2D eigenvalue weighted by molar-refractivity contribution is 6.29. The first-order chi connectivity index (χ1) is 7.79. The van der Waals surface area contributed by atoms with Gasteiger partial charge in [-0.25, -0.2) is 9.97 Å². The number of anilines is 1. The second-order valence-corrected chi connectivity index (χ2v) is 4.59.